The van der Waals surface area contributed by atoms with Crippen molar-refractivity contribution in [2.24, 2.45) is 0 Å². The van der Waals surface area contributed by atoms with Gasteiger partial charge in [0.15, 0.2) is 0 Å². The zero-order valence-electron chi connectivity index (χ0n) is 7.56. The second-order valence-electron chi connectivity index (χ2n) is 3.67. The molecular formula is C11H9NOS. The van der Waals surface area contributed by atoms with Crippen LogP contribution in [0.25, 0.3) is 10.2 Å². The summed E-state index contributed by atoms with van der Waals surface area (Å²) in [6.07, 6.45) is 3.43. The molecule has 14 heavy (non-hydrogen) atoms. The molecule has 1 fully saturated rings. The van der Waals surface area contributed by atoms with Gasteiger partial charge in [0.1, 0.15) is 6.29 Å². The summed E-state index contributed by atoms with van der Waals surface area (Å²) in [6.45, 7) is 0. The molecule has 1 aliphatic rings. The number of thiazole rings is 1. The maximum Gasteiger partial charge on any atom is 0.150 e. The Hall–Kier alpha value is -1.22. The molecule has 0 radical (unpaired) electrons. The standard InChI is InChI=1S/C11H9NOS/c13-6-7-1-4-10-9(5-7)12-11(14-10)8-2-3-8/h1,4-6,8H,2-3H2. The van der Waals surface area contributed by atoms with Gasteiger partial charge in [-0.05, 0) is 25.0 Å². The zero-order valence-corrected chi connectivity index (χ0v) is 8.38. The summed E-state index contributed by atoms with van der Waals surface area (Å²) in [5.74, 6) is 0.701. The van der Waals surface area contributed by atoms with Gasteiger partial charge < -0.3 is 0 Å². The van der Waals surface area contributed by atoms with Crippen LogP contribution in [-0.4, -0.2) is 11.3 Å². The van der Waals surface area contributed by atoms with Crippen LogP contribution in [0, 0.1) is 0 Å². The van der Waals surface area contributed by atoms with Gasteiger partial charge in [-0.15, -0.1) is 11.3 Å². The molecule has 0 N–H and O–H groups in total. The Morgan fingerprint density at radius 3 is 3.00 bits per heavy atom. The molecule has 0 saturated heterocycles. The Morgan fingerprint density at radius 2 is 2.29 bits per heavy atom. The average molecular weight is 203 g/mol. The molecule has 1 aliphatic carbocycles. The van der Waals surface area contributed by atoms with E-state index in [1.807, 2.05) is 18.2 Å². The minimum atomic E-state index is 0.701. The van der Waals surface area contributed by atoms with Crippen molar-refractivity contribution in [1.82, 2.24) is 4.98 Å². The lowest BCUT2D eigenvalue weighted by Crippen LogP contribution is -1.78. The van der Waals surface area contributed by atoms with Crippen molar-refractivity contribution in [2.45, 2.75) is 18.8 Å². The third-order valence-electron chi connectivity index (χ3n) is 2.49. The maximum absolute atomic E-state index is 10.6. The summed E-state index contributed by atoms with van der Waals surface area (Å²) >= 11 is 1.76. The summed E-state index contributed by atoms with van der Waals surface area (Å²) in [4.78, 5) is 15.1. The van der Waals surface area contributed by atoms with E-state index in [0.717, 1.165) is 11.8 Å². The van der Waals surface area contributed by atoms with E-state index >= 15 is 0 Å². The van der Waals surface area contributed by atoms with Gasteiger partial charge in [-0.2, -0.15) is 0 Å². The number of aldehydes is 1. The van der Waals surface area contributed by atoms with Gasteiger partial charge in [0.05, 0.1) is 15.2 Å². The molecule has 1 aromatic heterocycles. The predicted molar refractivity (Wildman–Crippen MR) is 57.0 cm³/mol. The molecule has 1 aromatic carbocycles. The van der Waals surface area contributed by atoms with E-state index in [-0.39, 0.29) is 0 Å². The highest BCUT2D eigenvalue weighted by molar-refractivity contribution is 7.18. The van der Waals surface area contributed by atoms with E-state index in [1.165, 1.54) is 22.5 Å². The lowest BCUT2D eigenvalue weighted by atomic mass is 10.2. The lowest BCUT2D eigenvalue weighted by Gasteiger charge is -1.88. The van der Waals surface area contributed by atoms with Crippen LogP contribution in [0.5, 0.6) is 0 Å². The van der Waals surface area contributed by atoms with E-state index in [2.05, 4.69) is 4.98 Å². The first kappa shape index (κ1) is 8.12. The van der Waals surface area contributed by atoms with Crippen LogP contribution < -0.4 is 0 Å². The Labute approximate surface area is 85.6 Å². The number of rotatable bonds is 2. The van der Waals surface area contributed by atoms with Gasteiger partial charge >= 0.3 is 0 Å². The number of benzene rings is 1. The molecule has 0 atom stereocenters. The maximum atomic E-state index is 10.6. The summed E-state index contributed by atoms with van der Waals surface area (Å²) in [7, 11) is 0. The number of carbonyl (C=O) groups is 1. The fourth-order valence-corrected chi connectivity index (χ4v) is 2.66. The third kappa shape index (κ3) is 1.24. The molecule has 70 valence electrons. The molecule has 0 spiro atoms. The highest BCUT2D eigenvalue weighted by Gasteiger charge is 2.26. The Morgan fingerprint density at radius 1 is 1.43 bits per heavy atom. The molecule has 2 nitrogen and oxygen atoms in total. The van der Waals surface area contributed by atoms with Crippen LogP contribution in [0.3, 0.4) is 0 Å². The van der Waals surface area contributed by atoms with Crippen molar-refractivity contribution in [2.75, 3.05) is 0 Å². The van der Waals surface area contributed by atoms with Crippen molar-refractivity contribution < 1.29 is 4.79 Å². The molecule has 0 aliphatic heterocycles. The quantitative estimate of drug-likeness (QED) is 0.702. The van der Waals surface area contributed by atoms with Crippen molar-refractivity contribution in [1.29, 1.82) is 0 Å². The van der Waals surface area contributed by atoms with Gasteiger partial charge in [-0.25, -0.2) is 4.98 Å². The SMILES string of the molecule is O=Cc1ccc2sc(C3CC3)nc2c1. The summed E-state index contributed by atoms with van der Waals surface area (Å²) in [5.41, 5.74) is 1.69. The molecule has 1 heterocycles. The molecule has 0 amide bonds. The smallest absolute Gasteiger partial charge is 0.150 e. The van der Waals surface area contributed by atoms with Gasteiger partial charge in [0.2, 0.25) is 0 Å². The van der Waals surface area contributed by atoms with E-state index < -0.39 is 0 Å². The van der Waals surface area contributed by atoms with Gasteiger partial charge in [-0.3, -0.25) is 4.79 Å². The van der Waals surface area contributed by atoms with Crippen molar-refractivity contribution in [3.8, 4) is 0 Å². The molecule has 0 bridgehead atoms. The number of hydrogen-bond acceptors (Lipinski definition) is 3. The molecule has 1 saturated carbocycles. The second-order valence-corrected chi connectivity index (χ2v) is 4.73. The van der Waals surface area contributed by atoms with Crippen LogP contribution in [0.1, 0.15) is 34.1 Å². The van der Waals surface area contributed by atoms with Crippen LogP contribution in [0.15, 0.2) is 18.2 Å². The first-order valence-electron chi connectivity index (χ1n) is 4.72. The molecule has 2 aromatic rings. The van der Waals surface area contributed by atoms with E-state index in [1.54, 1.807) is 11.3 Å². The topological polar surface area (TPSA) is 30.0 Å². The number of aromatic nitrogens is 1. The molecule has 3 rings (SSSR count). The summed E-state index contributed by atoms with van der Waals surface area (Å²) in [5, 5.41) is 1.24. The van der Waals surface area contributed by atoms with Crippen molar-refractivity contribution in [3.05, 3.63) is 28.8 Å². The average Bonchev–Trinajstić information content (AvgIpc) is 2.97. The van der Waals surface area contributed by atoms with Gasteiger partial charge in [0.25, 0.3) is 0 Å². The van der Waals surface area contributed by atoms with Crippen LogP contribution in [0.4, 0.5) is 0 Å². The molecule has 3 heteroatoms. The fraction of sp³-hybridized carbons (Fsp3) is 0.273. The van der Waals surface area contributed by atoms with Gasteiger partial charge in [0, 0.05) is 11.5 Å². The Bertz CT molecular complexity index is 499. The van der Waals surface area contributed by atoms with Crippen molar-refractivity contribution in [3.63, 3.8) is 0 Å². The normalized spacial score (nSPS) is 16.0. The van der Waals surface area contributed by atoms with E-state index in [4.69, 9.17) is 0 Å². The minimum Gasteiger partial charge on any atom is -0.298 e. The molecule has 0 unspecified atom stereocenters. The minimum absolute atomic E-state index is 0.701. The fourth-order valence-electron chi connectivity index (χ4n) is 1.54. The van der Waals surface area contributed by atoms with Crippen LogP contribution in [-0.2, 0) is 0 Å². The number of fused-ring (bicyclic) bond motifs is 1. The summed E-state index contributed by atoms with van der Waals surface area (Å²) in [6, 6.07) is 5.71. The second kappa shape index (κ2) is 2.89. The number of hydrogen-bond donors (Lipinski definition) is 0. The first-order valence-corrected chi connectivity index (χ1v) is 5.54. The van der Waals surface area contributed by atoms with Crippen molar-refractivity contribution >= 4 is 27.8 Å². The zero-order chi connectivity index (χ0) is 9.54. The predicted octanol–water partition coefficient (Wildman–Crippen LogP) is 2.99. The highest BCUT2D eigenvalue weighted by Crippen LogP contribution is 2.43. The third-order valence-corrected chi connectivity index (χ3v) is 3.69. The first-order chi connectivity index (χ1) is 6.86. The van der Waals surface area contributed by atoms with E-state index in [9.17, 15) is 4.79 Å². The molecular weight excluding hydrogens is 194 g/mol. The Kier molecular flexibility index (Phi) is 1.67. The number of nitrogens with zero attached hydrogens (tertiary/aromatic N) is 1. The largest absolute Gasteiger partial charge is 0.298 e. The lowest BCUT2D eigenvalue weighted by molar-refractivity contribution is 0.112. The van der Waals surface area contributed by atoms with Crippen LogP contribution in [0.2, 0.25) is 0 Å². The highest BCUT2D eigenvalue weighted by atomic mass is 32.1. The van der Waals surface area contributed by atoms with E-state index in [0.29, 0.717) is 11.5 Å². The number of carbonyl (C=O) groups excluding carboxylic acids is 1. The summed E-state index contributed by atoms with van der Waals surface area (Å²) < 4.78 is 1.19. The van der Waals surface area contributed by atoms with Crippen LogP contribution >= 0.6 is 11.3 Å². The van der Waals surface area contributed by atoms with Gasteiger partial charge in [-0.1, -0.05) is 6.07 Å². The Balaban J connectivity index is 2.17. The monoisotopic (exact) mass is 203 g/mol.